The summed E-state index contributed by atoms with van der Waals surface area (Å²) in [5.41, 5.74) is 1.71. The predicted octanol–water partition coefficient (Wildman–Crippen LogP) is 4.00. The van der Waals surface area contributed by atoms with Crippen LogP contribution < -0.4 is 5.32 Å². The molecule has 0 fully saturated rings. The third-order valence-electron chi connectivity index (χ3n) is 2.95. The summed E-state index contributed by atoms with van der Waals surface area (Å²) in [7, 11) is 0. The van der Waals surface area contributed by atoms with E-state index in [0.29, 0.717) is 5.56 Å². The van der Waals surface area contributed by atoms with Gasteiger partial charge in [-0.15, -0.1) is 11.3 Å². The van der Waals surface area contributed by atoms with Crippen molar-refractivity contribution in [2.75, 3.05) is 0 Å². The molecule has 2 atom stereocenters. The molecule has 96 valence electrons. The fourth-order valence-electron chi connectivity index (χ4n) is 1.96. The summed E-state index contributed by atoms with van der Waals surface area (Å²) >= 11 is 1.63. The number of thiazole rings is 1. The van der Waals surface area contributed by atoms with Gasteiger partial charge in [0.05, 0.1) is 10.7 Å². The summed E-state index contributed by atoms with van der Waals surface area (Å²) in [4.78, 5) is 4.44. The summed E-state index contributed by atoms with van der Waals surface area (Å²) < 4.78 is 13.6. The topological polar surface area (TPSA) is 24.9 Å². The van der Waals surface area contributed by atoms with E-state index in [9.17, 15) is 4.39 Å². The number of aromatic nitrogens is 1. The molecular weight excluding hydrogens is 247 g/mol. The number of halogens is 1. The number of hydrogen-bond donors (Lipinski definition) is 1. The van der Waals surface area contributed by atoms with Gasteiger partial charge in [0.1, 0.15) is 5.82 Å². The lowest BCUT2D eigenvalue weighted by Gasteiger charge is -2.19. The summed E-state index contributed by atoms with van der Waals surface area (Å²) in [5, 5.41) is 6.47. The highest BCUT2D eigenvalue weighted by Crippen LogP contribution is 2.22. The van der Waals surface area contributed by atoms with E-state index in [4.69, 9.17) is 0 Å². The highest BCUT2D eigenvalue weighted by atomic mass is 32.1. The van der Waals surface area contributed by atoms with Gasteiger partial charge >= 0.3 is 0 Å². The standard InChI is InChI=1S/C14H17FN2S/c1-9(12-6-4-5-7-13(12)15)16-10(2)14-8-18-11(3)17-14/h4-10,16H,1-3H3/t9-,10?/m1/s1. The molecule has 18 heavy (non-hydrogen) atoms. The van der Waals surface area contributed by atoms with Crippen molar-refractivity contribution in [1.82, 2.24) is 10.3 Å². The zero-order valence-corrected chi connectivity index (χ0v) is 11.6. The maximum absolute atomic E-state index is 13.6. The maximum Gasteiger partial charge on any atom is 0.127 e. The minimum absolute atomic E-state index is 0.0387. The zero-order chi connectivity index (χ0) is 13.1. The summed E-state index contributed by atoms with van der Waals surface area (Å²) in [5.74, 6) is -0.167. The van der Waals surface area contributed by atoms with Crippen LogP contribution >= 0.6 is 11.3 Å². The van der Waals surface area contributed by atoms with Crippen LogP contribution in [0, 0.1) is 12.7 Å². The average molecular weight is 264 g/mol. The molecule has 2 aromatic rings. The number of benzene rings is 1. The van der Waals surface area contributed by atoms with E-state index in [1.807, 2.05) is 38.3 Å². The van der Waals surface area contributed by atoms with Crippen LogP contribution in [0.3, 0.4) is 0 Å². The van der Waals surface area contributed by atoms with Crippen LogP contribution in [0.4, 0.5) is 4.39 Å². The Morgan fingerprint density at radius 2 is 1.94 bits per heavy atom. The lowest BCUT2D eigenvalue weighted by molar-refractivity contribution is 0.468. The van der Waals surface area contributed by atoms with Crippen molar-refractivity contribution in [3.8, 4) is 0 Å². The summed E-state index contributed by atoms with van der Waals surface area (Å²) in [6.45, 7) is 6.00. The van der Waals surface area contributed by atoms with Gasteiger partial charge in [-0.1, -0.05) is 18.2 Å². The Bertz CT molecular complexity index is 524. The molecule has 1 aromatic heterocycles. The Morgan fingerprint density at radius 3 is 2.56 bits per heavy atom. The fourth-order valence-corrected chi connectivity index (χ4v) is 2.66. The monoisotopic (exact) mass is 264 g/mol. The second kappa shape index (κ2) is 5.59. The van der Waals surface area contributed by atoms with Crippen LogP contribution in [-0.4, -0.2) is 4.98 Å². The zero-order valence-electron chi connectivity index (χ0n) is 10.8. The Labute approximate surface area is 111 Å². The molecule has 2 nitrogen and oxygen atoms in total. The number of nitrogens with one attached hydrogen (secondary N) is 1. The largest absolute Gasteiger partial charge is 0.302 e. The van der Waals surface area contributed by atoms with Crippen LogP contribution in [0.2, 0.25) is 0 Å². The van der Waals surface area contributed by atoms with E-state index < -0.39 is 0 Å². The normalized spacial score (nSPS) is 14.4. The van der Waals surface area contributed by atoms with Crippen LogP contribution in [0.1, 0.15) is 42.2 Å². The molecule has 0 aliphatic heterocycles. The molecule has 4 heteroatoms. The van der Waals surface area contributed by atoms with Gasteiger partial charge in [-0.25, -0.2) is 9.37 Å². The molecule has 0 saturated heterocycles. The minimum Gasteiger partial charge on any atom is -0.302 e. The van der Waals surface area contributed by atoms with Crippen molar-refractivity contribution >= 4 is 11.3 Å². The van der Waals surface area contributed by atoms with Crippen LogP contribution in [0.5, 0.6) is 0 Å². The third kappa shape index (κ3) is 2.94. The summed E-state index contributed by atoms with van der Waals surface area (Å²) in [6, 6.07) is 6.94. The minimum atomic E-state index is -0.167. The second-order valence-electron chi connectivity index (χ2n) is 4.42. The first-order valence-corrected chi connectivity index (χ1v) is 6.88. The summed E-state index contributed by atoms with van der Waals surface area (Å²) in [6.07, 6.45) is 0. The number of rotatable bonds is 4. The van der Waals surface area contributed by atoms with E-state index >= 15 is 0 Å². The van der Waals surface area contributed by atoms with Gasteiger partial charge in [0, 0.05) is 23.0 Å². The molecule has 0 spiro atoms. The molecule has 1 heterocycles. The molecule has 0 saturated carbocycles. The molecule has 0 aliphatic rings. The number of hydrogen-bond acceptors (Lipinski definition) is 3. The molecule has 0 aliphatic carbocycles. The quantitative estimate of drug-likeness (QED) is 0.902. The van der Waals surface area contributed by atoms with Gasteiger partial charge in [-0.3, -0.25) is 0 Å². The van der Waals surface area contributed by atoms with Gasteiger partial charge < -0.3 is 5.32 Å². The third-order valence-corrected chi connectivity index (χ3v) is 3.74. The molecule has 1 N–H and O–H groups in total. The van der Waals surface area contributed by atoms with Gasteiger partial charge in [0.15, 0.2) is 0 Å². The first-order valence-electron chi connectivity index (χ1n) is 6.00. The second-order valence-corrected chi connectivity index (χ2v) is 5.49. The van der Waals surface area contributed by atoms with E-state index in [-0.39, 0.29) is 17.9 Å². The lowest BCUT2D eigenvalue weighted by Crippen LogP contribution is -2.23. The molecule has 1 unspecified atom stereocenters. The van der Waals surface area contributed by atoms with E-state index in [0.717, 1.165) is 10.7 Å². The van der Waals surface area contributed by atoms with Gasteiger partial charge in [0.25, 0.3) is 0 Å². The van der Waals surface area contributed by atoms with Crippen LogP contribution in [0.15, 0.2) is 29.6 Å². The fraction of sp³-hybridized carbons (Fsp3) is 0.357. The number of aryl methyl sites for hydroxylation is 1. The van der Waals surface area contributed by atoms with E-state index in [1.165, 1.54) is 6.07 Å². The first kappa shape index (κ1) is 13.2. The van der Waals surface area contributed by atoms with E-state index in [2.05, 4.69) is 10.3 Å². The molecule has 0 bridgehead atoms. The highest BCUT2D eigenvalue weighted by molar-refractivity contribution is 7.09. The van der Waals surface area contributed by atoms with Crippen LogP contribution in [0.25, 0.3) is 0 Å². The molecule has 2 rings (SSSR count). The van der Waals surface area contributed by atoms with Gasteiger partial charge in [0.2, 0.25) is 0 Å². The van der Waals surface area contributed by atoms with Crippen LogP contribution in [-0.2, 0) is 0 Å². The Hall–Kier alpha value is -1.26. The van der Waals surface area contributed by atoms with Gasteiger partial charge in [-0.2, -0.15) is 0 Å². The Balaban J connectivity index is 2.08. The SMILES string of the molecule is Cc1nc(C(C)N[C@H](C)c2ccccc2F)cs1. The maximum atomic E-state index is 13.6. The van der Waals surface area contributed by atoms with Gasteiger partial charge in [-0.05, 0) is 26.8 Å². The van der Waals surface area contributed by atoms with Crippen molar-refractivity contribution in [2.24, 2.45) is 0 Å². The predicted molar refractivity (Wildman–Crippen MR) is 73.2 cm³/mol. The number of nitrogens with zero attached hydrogens (tertiary/aromatic N) is 1. The molecule has 0 amide bonds. The Kier molecular flexibility index (Phi) is 4.09. The molecule has 1 aromatic carbocycles. The Morgan fingerprint density at radius 1 is 1.22 bits per heavy atom. The molecule has 0 radical (unpaired) electrons. The smallest absolute Gasteiger partial charge is 0.127 e. The van der Waals surface area contributed by atoms with Crippen molar-refractivity contribution in [1.29, 1.82) is 0 Å². The molecular formula is C14H17FN2S. The van der Waals surface area contributed by atoms with Crippen molar-refractivity contribution in [2.45, 2.75) is 32.9 Å². The first-order chi connectivity index (χ1) is 8.58. The van der Waals surface area contributed by atoms with Crippen molar-refractivity contribution in [3.05, 3.63) is 51.7 Å². The van der Waals surface area contributed by atoms with Crippen molar-refractivity contribution in [3.63, 3.8) is 0 Å². The van der Waals surface area contributed by atoms with Crippen molar-refractivity contribution < 1.29 is 4.39 Å². The average Bonchev–Trinajstić information content (AvgIpc) is 2.76. The lowest BCUT2D eigenvalue weighted by atomic mass is 10.1. The highest BCUT2D eigenvalue weighted by Gasteiger charge is 2.15. The van der Waals surface area contributed by atoms with E-state index in [1.54, 1.807) is 17.4 Å².